The molecule has 1 saturated carbocycles. The Balaban J connectivity index is 2.35. The maximum atomic E-state index is 12.2. The number of Topliss-reactive ketones (excluding diaryl/α,β-unsaturated/α-hetero) is 2. The number of aliphatic hydroxyl groups is 1. The van der Waals surface area contributed by atoms with E-state index in [1.807, 2.05) is 0 Å². The fourth-order valence-electron chi connectivity index (χ4n) is 3.57. The van der Waals surface area contributed by atoms with Crippen molar-refractivity contribution in [3.05, 3.63) is 0 Å². The number of ether oxygens (including phenoxy) is 2. The number of hydrogen-bond acceptors (Lipinski definition) is 6. The van der Waals surface area contributed by atoms with Gasteiger partial charge in [-0.05, 0) is 31.6 Å². The number of carbonyl (C=O) groups excluding carboxylic acids is 3. The molecule has 1 rings (SSSR count). The second kappa shape index (κ2) is 14.3. The van der Waals surface area contributed by atoms with Crippen LogP contribution in [0.4, 0.5) is 0 Å². The Kier molecular flexibility index (Phi) is 12.4. The zero-order valence-corrected chi connectivity index (χ0v) is 17.2. The standard InChI is InChI=1S/C22H34O6/c1-27-15-9-5-6-10-17(23)13-14-19-18(20(24)16-21(19)25)11-7-3-4-8-12-22(26)28-2/h18-19,21,25H,4-6,8-16H2,1-2H3/t18?,19-,21?/m1/s1. The van der Waals surface area contributed by atoms with Crippen LogP contribution >= 0.6 is 0 Å². The lowest BCUT2D eigenvalue weighted by molar-refractivity contribution is -0.140. The fourth-order valence-corrected chi connectivity index (χ4v) is 3.57. The van der Waals surface area contributed by atoms with E-state index in [2.05, 4.69) is 16.6 Å². The van der Waals surface area contributed by atoms with Crippen LogP contribution in [0.15, 0.2) is 0 Å². The lowest BCUT2D eigenvalue weighted by Gasteiger charge is -2.18. The van der Waals surface area contributed by atoms with E-state index in [0.29, 0.717) is 44.9 Å². The summed E-state index contributed by atoms with van der Waals surface area (Å²) in [6.07, 6.45) is 5.71. The van der Waals surface area contributed by atoms with E-state index >= 15 is 0 Å². The molecule has 1 aliphatic carbocycles. The lowest BCUT2D eigenvalue weighted by atomic mass is 9.86. The van der Waals surface area contributed by atoms with Crippen LogP contribution in [0.5, 0.6) is 0 Å². The van der Waals surface area contributed by atoms with E-state index in [4.69, 9.17) is 4.74 Å². The van der Waals surface area contributed by atoms with Gasteiger partial charge in [0.25, 0.3) is 0 Å². The van der Waals surface area contributed by atoms with Gasteiger partial charge in [-0.25, -0.2) is 0 Å². The van der Waals surface area contributed by atoms with Crippen LogP contribution < -0.4 is 0 Å². The summed E-state index contributed by atoms with van der Waals surface area (Å²) >= 11 is 0. The highest BCUT2D eigenvalue weighted by atomic mass is 16.5. The summed E-state index contributed by atoms with van der Waals surface area (Å²) in [5.74, 6) is 5.50. The predicted octanol–water partition coefficient (Wildman–Crippen LogP) is 2.85. The van der Waals surface area contributed by atoms with Crippen molar-refractivity contribution in [2.75, 3.05) is 20.8 Å². The summed E-state index contributed by atoms with van der Waals surface area (Å²) in [4.78, 5) is 35.3. The van der Waals surface area contributed by atoms with Gasteiger partial charge in [0.2, 0.25) is 0 Å². The van der Waals surface area contributed by atoms with Crippen LogP contribution in [0.1, 0.15) is 70.6 Å². The van der Waals surface area contributed by atoms with Crippen LogP contribution in [-0.4, -0.2) is 49.6 Å². The number of unbranched alkanes of at least 4 members (excludes halogenated alkanes) is 3. The molecule has 1 N–H and O–H groups in total. The first-order chi connectivity index (χ1) is 13.5. The van der Waals surface area contributed by atoms with Gasteiger partial charge < -0.3 is 14.6 Å². The Bertz CT molecular complexity index is 559. The first-order valence-electron chi connectivity index (χ1n) is 10.2. The van der Waals surface area contributed by atoms with Crippen LogP contribution in [0.25, 0.3) is 0 Å². The predicted molar refractivity (Wildman–Crippen MR) is 105 cm³/mol. The molecular formula is C22H34O6. The van der Waals surface area contributed by atoms with E-state index < -0.39 is 6.10 Å². The minimum Gasteiger partial charge on any atom is -0.469 e. The van der Waals surface area contributed by atoms with Crippen molar-refractivity contribution in [2.24, 2.45) is 11.8 Å². The number of methoxy groups -OCH3 is 2. The first kappa shape index (κ1) is 24.3. The second-order valence-electron chi connectivity index (χ2n) is 7.38. The summed E-state index contributed by atoms with van der Waals surface area (Å²) < 4.78 is 9.56. The van der Waals surface area contributed by atoms with Crippen molar-refractivity contribution < 1.29 is 29.0 Å². The molecule has 0 heterocycles. The molecule has 3 atom stereocenters. The molecule has 158 valence electrons. The molecule has 1 fully saturated rings. The smallest absolute Gasteiger partial charge is 0.305 e. The molecule has 0 bridgehead atoms. The van der Waals surface area contributed by atoms with Gasteiger partial charge in [0.15, 0.2) is 0 Å². The number of hydrogen-bond donors (Lipinski definition) is 1. The van der Waals surface area contributed by atoms with Gasteiger partial charge in [0.1, 0.15) is 11.6 Å². The minimum absolute atomic E-state index is 0.0355. The number of rotatable bonds is 13. The average Bonchev–Trinajstić information content (AvgIpc) is 2.94. The first-order valence-corrected chi connectivity index (χ1v) is 10.2. The molecule has 0 amide bonds. The third kappa shape index (κ3) is 9.48. The van der Waals surface area contributed by atoms with Gasteiger partial charge in [-0.15, -0.1) is 11.8 Å². The van der Waals surface area contributed by atoms with Crippen molar-refractivity contribution in [2.45, 2.75) is 76.7 Å². The van der Waals surface area contributed by atoms with Crippen LogP contribution in [0.2, 0.25) is 0 Å². The Morgan fingerprint density at radius 2 is 1.86 bits per heavy atom. The molecule has 6 nitrogen and oxygen atoms in total. The van der Waals surface area contributed by atoms with Crippen LogP contribution in [0, 0.1) is 23.7 Å². The summed E-state index contributed by atoms with van der Waals surface area (Å²) in [6, 6.07) is 0. The Morgan fingerprint density at radius 1 is 1.07 bits per heavy atom. The van der Waals surface area contributed by atoms with Gasteiger partial charge in [-0.2, -0.15) is 0 Å². The van der Waals surface area contributed by atoms with Crippen LogP contribution in [0.3, 0.4) is 0 Å². The fraction of sp³-hybridized carbons (Fsp3) is 0.773. The van der Waals surface area contributed by atoms with Crippen molar-refractivity contribution in [1.29, 1.82) is 0 Å². The highest BCUT2D eigenvalue weighted by Crippen LogP contribution is 2.35. The second-order valence-corrected chi connectivity index (χ2v) is 7.38. The van der Waals surface area contributed by atoms with Crippen molar-refractivity contribution >= 4 is 17.5 Å². The number of carbonyl (C=O) groups is 3. The Hall–Kier alpha value is -1.71. The summed E-state index contributed by atoms with van der Waals surface area (Å²) in [5, 5.41) is 10.2. The molecule has 0 aromatic heterocycles. The minimum atomic E-state index is -0.673. The SMILES string of the molecule is COCCCCCC(=O)CC[C@H]1C(O)CC(=O)C1CC#CCCCC(=O)OC. The van der Waals surface area contributed by atoms with Crippen molar-refractivity contribution in [1.82, 2.24) is 0 Å². The molecule has 2 unspecified atom stereocenters. The van der Waals surface area contributed by atoms with Crippen LogP contribution in [-0.2, 0) is 23.9 Å². The zero-order chi connectivity index (χ0) is 20.8. The summed E-state index contributed by atoms with van der Waals surface area (Å²) in [7, 11) is 3.03. The van der Waals surface area contributed by atoms with Gasteiger partial charge in [-0.3, -0.25) is 14.4 Å². The third-order valence-electron chi connectivity index (χ3n) is 5.25. The normalized spacial score (nSPS) is 21.2. The van der Waals surface area contributed by atoms with Gasteiger partial charge in [0.05, 0.1) is 13.2 Å². The third-order valence-corrected chi connectivity index (χ3v) is 5.25. The lowest BCUT2D eigenvalue weighted by Crippen LogP contribution is -2.21. The molecule has 0 aromatic rings. The molecule has 0 aromatic carbocycles. The topological polar surface area (TPSA) is 89.9 Å². The van der Waals surface area contributed by atoms with E-state index in [1.54, 1.807) is 7.11 Å². The highest BCUT2D eigenvalue weighted by molar-refractivity contribution is 5.85. The maximum Gasteiger partial charge on any atom is 0.305 e. The van der Waals surface area contributed by atoms with E-state index in [9.17, 15) is 19.5 Å². The summed E-state index contributed by atoms with van der Waals surface area (Å²) in [5.41, 5.74) is 0. The highest BCUT2D eigenvalue weighted by Gasteiger charge is 2.40. The van der Waals surface area contributed by atoms with E-state index in [0.717, 1.165) is 25.9 Å². The Morgan fingerprint density at radius 3 is 2.57 bits per heavy atom. The Labute approximate surface area is 168 Å². The quantitative estimate of drug-likeness (QED) is 0.293. The average molecular weight is 395 g/mol. The number of ketones is 2. The van der Waals surface area contributed by atoms with E-state index in [1.165, 1.54) is 7.11 Å². The zero-order valence-electron chi connectivity index (χ0n) is 17.2. The molecule has 6 heteroatoms. The summed E-state index contributed by atoms with van der Waals surface area (Å²) in [6.45, 7) is 0.718. The molecular weight excluding hydrogens is 360 g/mol. The van der Waals surface area contributed by atoms with Gasteiger partial charge in [-0.1, -0.05) is 6.42 Å². The molecule has 0 saturated heterocycles. The molecule has 0 spiro atoms. The number of aliphatic hydroxyl groups excluding tert-OH is 1. The largest absolute Gasteiger partial charge is 0.469 e. The number of esters is 1. The van der Waals surface area contributed by atoms with E-state index in [-0.39, 0.29) is 35.8 Å². The monoisotopic (exact) mass is 394 g/mol. The molecule has 1 aliphatic rings. The van der Waals surface area contributed by atoms with Crippen molar-refractivity contribution in [3.63, 3.8) is 0 Å². The molecule has 0 radical (unpaired) electrons. The van der Waals surface area contributed by atoms with Crippen molar-refractivity contribution in [3.8, 4) is 11.8 Å². The molecule has 28 heavy (non-hydrogen) atoms. The van der Waals surface area contributed by atoms with Gasteiger partial charge in [0, 0.05) is 58.2 Å². The maximum absolute atomic E-state index is 12.2. The van der Waals surface area contributed by atoms with Gasteiger partial charge >= 0.3 is 5.97 Å². The molecule has 0 aliphatic heterocycles.